The minimum absolute atomic E-state index is 0.630. The summed E-state index contributed by atoms with van der Waals surface area (Å²) in [6.07, 6.45) is 4.09. The van der Waals surface area contributed by atoms with E-state index in [0.717, 1.165) is 19.4 Å². The van der Waals surface area contributed by atoms with Crippen molar-refractivity contribution in [2.75, 3.05) is 6.54 Å². The molecule has 1 rings (SSSR count). The van der Waals surface area contributed by atoms with Crippen LogP contribution in [0.4, 0.5) is 0 Å². The second-order valence-corrected chi connectivity index (χ2v) is 4.22. The van der Waals surface area contributed by atoms with Crippen molar-refractivity contribution in [3.63, 3.8) is 0 Å². The number of nitrogens with two attached hydrogens (primary N) is 1. The van der Waals surface area contributed by atoms with Crippen LogP contribution in [-0.4, -0.2) is 16.3 Å². The normalized spacial score (nSPS) is 13.5. The Hall–Kier alpha value is -0.830. The van der Waals surface area contributed by atoms with Crippen LogP contribution in [0.15, 0.2) is 12.3 Å². The van der Waals surface area contributed by atoms with E-state index in [0.29, 0.717) is 11.8 Å². The van der Waals surface area contributed by atoms with E-state index in [1.807, 2.05) is 17.9 Å². The summed E-state index contributed by atoms with van der Waals surface area (Å²) in [7, 11) is 1.99. The minimum Gasteiger partial charge on any atom is -0.330 e. The van der Waals surface area contributed by atoms with Crippen molar-refractivity contribution in [2.45, 2.75) is 26.7 Å². The number of hydrogen-bond acceptors (Lipinski definition) is 2. The van der Waals surface area contributed by atoms with Crippen molar-refractivity contribution in [2.24, 2.45) is 24.6 Å². The summed E-state index contributed by atoms with van der Waals surface area (Å²) in [6, 6.07) is 2.08. The predicted molar refractivity (Wildman–Crippen MR) is 58.9 cm³/mol. The zero-order valence-electron chi connectivity index (χ0n) is 9.40. The lowest BCUT2D eigenvalue weighted by Crippen LogP contribution is -2.20. The molecule has 1 aromatic heterocycles. The third kappa shape index (κ3) is 2.84. The molecule has 0 fully saturated rings. The van der Waals surface area contributed by atoms with Gasteiger partial charge in [-0.15, -0.1) is 0 Å². The van der Waals surface area contributed by atoms with Gasteiger partial charge in [0.15, 0.2) is 0 Å². The van der Waals surface area contributed by atoms with Gasteiger partial charge < -0.3 is 5.73 Å². The van der Waals surface area contributed by atoms with Crippen LogP contribution in [-0.2, 0) is 13.5 Å². The third-order valence-corrected chi connectivity index (χ3v) is 2.94. The van der Waals surface area contributed by atoms with Crippen molar-refractivity contribution in [3.8, 4) is 0 Å². The summed E-state index contributed by atoms with van der Waals surface area (Å²) in [5.41, 5.74) is 7.02. The smallest absolute Gasteiger partial charge is 0.0492 e. The number of hydrogen-bond donors (Lipinski definition) is 1. The highest BCUT2D eigenvalue weighted by atomic mass is 15.2. The summed E-state index contributed by atoms with van der Waals surface area (Å²) in [4.78, 5) is 0. The maximum Gasteiger partial charge on any atom is 0.0492 e. The molecule has 1 aromatic rings. The third-order valence-electron chi connectivity index (χ3n) is 2.94. The second kappa shape index (κ2) is 5.15. The van der Waals surface area contributed by atoms with Crippen LogP contribution in [0.1, 0.15) is 26.0 Å². The molecule has 0 saturated carbocycles. The lowest BCUT2D eigenvalue weighted by Gasteiger charge is -2.18. The highest BCUT2D eigenvalue weighted by molar-refractivity contribution is 5.00. The first-order valence-electron chi connectivity index (χ1n) is 5.32. The maximum atomic E-state index is 5.73. The monoisotopic (exact) mass is 195 g/mol. The van der Waals surface area contributed by atoms with E-state index in [9.17, 15) is 0 Å². The molecule has 3 nitrogen and oxygen atoms in total. The molecule has 80 valence electrons. The van der Waals surface area contributed by atoms with Crippen LogP contribution in [0.5, 0.6) is 0 Å². The van der Waals surface area contributed by atoms with Gasteiger partial charge in [-0.2, -0.15) is 5.10 Å². The van der Waals surface area contributed by atoms with Crippen LogP contribution in [0.3, 0.4) is 0 Å². The molecule has 0 aliphatic rings. The van der Waals surface area contributed by atoms with Gasteiger partial charge in [0.05, 0.1) is 0 Å². The Bertz CT molecular complexity index is 265. The molecule has 0 amide bonds. The summed E-state index contributed by atoms with van der Waals surface area (Å²) in [6.45, 7) is 5.26. The Morgan fingerprint density at radius 1 is 1.50 bits per heavy atom. The quantitative estimate of drug-likeness (QED) is 0.775. The van der Waals surface area contributed by atoms with E-state index < -0.39 is 0 Å². The van der Waals surface area contributed by atoms with Crippen molar-refractivity contribution in [1.29, 1.82) is 0 Å². The van der Waals surface area contributed by atoms with E-state index in [1.54, 1.807) is 0 Å². The molecule has 0 spiro atoms. The minimum atomic E-state index is 0.630. The van der Waals surface area contributed by atoms with E-state index in [1.165, 1.54) is 5.69 Å². The summed E-state index contributed by atoms with van der Waals surface area (Å²) in [5, 5.41) is 4.15. The van der Waals surface area contributed by atoms with Crippen LogP contribution < -0.4 is 5.73 Å². The average molecular weight is 195 g/mol. The van der Waals surface area contributed by atoms with Gasteiger partial charge in [-0.1, -0.05) is 13.8 Å². The standard InChI is InChI=1S/C11H21N3/c1-9(2)10(8-12)4-5-11-6-7-13-14(11)3/h6-7,9-10H,4-5,8,12H2,1-3H3. The molecule has 3 heteroatoms. The molecule has 2 N–H and O–H groups in total. The van der Waals surface area contributed by atoms with Crippen LogP contribution in [0.2, 0.25) is 0 Å². The molecule has 14 heavy (non-hydrogen) atoms. The molecular formula is C11H21N3. The molecule has 0 aliphatic heterocycles. The van der Waals surface area contributed by atoms with Gasteiger partial charge in [-0.3, -0.25) is 4.68 Å². The second-order valence-electron chi connectivity index (χ2n) is 4.22. The molecular weight excluding hydrogens is 174 g/mol. The highest BCUT2D eigenvalue weighted by Crippen LogP contribution is 2.16. The van der Waals surface area contributed by atoms with Crippen LogP contribution in [0, 0.1) is 11.8 Å². The Kier molecular flexibility index (Phi) is 4.14. The van der Waals surface area contributed by atoms with E-state index in [4.69, 9.17) is 5.73 Å². The van der Waals surface area contributed by atoms with Gasteiger partial charge in [0.2, 0.25) is 0 Å². The largest absolute Gasteiger partial charge is 0.330 e. The number of aryl methyl sites for hydroxylation is 2. The molecule has 0 saturated heterocycles. The van der Waals surface area contributed by atoms with Crippen molar-refractivity contribution >= 4 is 0 Å². The fraction of sp³-hybridized carbons (Fsp3) is 0.727. The van der Waals surface area contributed by atoms with Crippen molar-refractivity contribution in [1.82, 2.24) is 9.78 Å². The maximum absolute atomic E-state index is 5.73. The first-order valence-corrected chi connectivity index (χ1v) is 5.32. The topological polar surface area (TPSA) is 43.8 Å². The Morgan fingerprint density at radius 3 is 2.64 bits per heavy atom. The van der Waals surface area contributed by atoms with E-state index >= 15 is 0 Å². The van der Waals surface area contributed by atoms with E-state index in [2.05, 4.69) is 25.0 Å². The number of aromatic nitrogens is 2. The fourth-order valence-electron chi connectivity index (χ4n) is 1.70. The molecule has 0 bridgehead atoms. The Balaban J connectivity index is 2.43. The first-order chi connectivity index (χ1) is 6.65. The SMILES string of the molecule is CC(C)C(CN)CCc1ccnn1C. The lowest BCUT2D eigenvalue weighted by molar-refractivity contribution is 0.366. The van der Waals surface area contributed by atoms with Crippen molar-refractivity contribution < 1.29 is 0 Å². The van der Waals surface area contributed by atoms with Crippen molar-refractivity contribution in [3.05, 3.63) is 18.0 Å². The van der Waals surface area contributed by atoms with Gasteiger partial charge in [0, 0.05) is 18.9 Å². The zero-order valence-corrected chi connectivity index (χ0v) is 9.40. The van der Waals surface area contributed by atoms with Gasteiger partial charge >= 0.3 is 0 Å². The molecule has 0 aliphatic carbocycles. The summed E-state index contributed by atoms with van der Waals surface area (Å²) in [5.74, 6) is 1.30. The number of nitrogens with zero attached hydrogens (tertiary/aromatic N) is 2. The average Bonchev–Trinajstić information content (AvgIpc) is 2.52. The fourth-order valence-corrected chi connectivity index (χ4v) is 1.70. The van der Waals surface area contributed by atoms with Gasteiger partial charge in [0.25, 0.3) is 0 Å². The van der Waals surface area contributed by atoms with Gasteiger partial charge in [-0.05, 0) is 37.3 Å². The molecule has 1 atom stereocenters. The van der Waals surface area contributed by atoms with Gasteiger partial charge in [-0.25, -0.2) is 0 Å². The molecule has 0 aromatic carbocycles. The Morgan fingerprint density at radius 2 is 2.21 bits per heavy atom. The summed E-state index contributed by atoms with van der Waals surface area (Å²) < 4.78 is 1.94. The molecule has 1 unspecified atom stereocenters. The predicted octanol–water partition coefficient (Wildman–Crippen LogP) is 1.58. The highest BCUT2D eigenvalue weighted by Gasteiger charge is 2.11. The van der Waals surface area contributed by atoms with Gasteiger partial charge in [0.1, 0.15) is 0 Å². The first kappa shape index (κ1) is 11.2. The van der Waals surface area contributed by atoms with Crippen LogP contribution >= 0.6 is 0 Å². The summed E-state index contributed by atoms with van der Waals surface area (Å²) >= 11 is 0. The molecule has 1 heterocycles. The Labute approximate surface area is 86.3 Å². The number of rotatable bonds is 5. The zero-order chi connectivity index (χ0) is 10.6. The lowest BCUT2D eigenvalue weighted by atomic mass is 9.91. The van der Waals surface area contributed by atoms with E-state index in [-0.39, 0.29) is 0 Å². The van der Waals surface area contributed by atoms with Crippen LogP contribution in [0.25, 0.3) is 0 Å². The molecule has 0 radical (unpaired) electrons.